The Morgan fingerprint density at radius 3 is 2.77 bits per heavy atom. The summed E-state index contributed by atoms with van der Waals surface area (Å²) in [7, 11) is 2.03. The molecule has 0 saturated carbocycles. The second-order valence-electron chi connectivity index (χ2n) is 6.00. The van der Waals surface area contributed by atoms with Gasteiger partial charge in [0.25, 0.3) is 11.8 Å². The van der Waals surface area contributed by atoms with Crippen LogP contribution in [-0.4, -0.2) is 35.3 Å². The van der Waals surface area contributed by atoms with Gasteiger partial charge in [-0.25, -0.2) is 4.98 Å². The van der Waals surface area contributed by atoms with Gasteiger partial charge < -0.3 is 16.0 Å². The van der Waals surface area contributed by atoms with E-state index in [0.717, 1.165) is 40.2 Å². The average Bonchev–Trinajstić information content (AvgIpc) is 3.15. The van der Waals surface area contributed by atoms with Crippen LogP contribution < -0.4 is 11.1 Å². The quantitative estimate of drug-likeness (QED) is 0.696. The summed E-state index contributed by atoms with van der Waals surface area (Å²) < 4.78 is 0.954. The number of anilines is 1. The lowest BCUT2D eigenvalue weighted by molar-refractivity contribution is 0.1000. The van der Waals surface area contributed by atoms with E-state index in [4.69, 9.17) is 5.73 Å². The molecule has 0 aliphatic carbocycles. The van der Waals surface area contributed by atoms with Gasteiger partial charge >= 0.3 is 0 Å². The van der Waals surface area contributed by atoms with Gasteiger partial charge in [0.05, 0.1) is 15.8 Å². The van der Waals surface area contributed by atoms with Gasteiger partial charge in [-0.2, -0.15) is 0 Å². The monoisotopic (exact) mass is 408 g/mol. The van der Waals surface area contributed by atoms with Crippen LogP contribution in [0.15, 0.2) is 24.3 Å². The summed E-state index contributed by atoms with van der Waals surface area (Å²) >= 11 is 2.76. The van der Waals surface area contributed by atoms with Crippen LogP contribution in [0.5, 0.6) is 0 Å². The fraction of sp³-hybridized carbons (Fsp3) is 0.235. The molecule has 0 fully saturated rings. The number of carbonyl (C=O) groups excluding carboxylic acids is 2. The fourth-order valence-electron chi connectivity index (χ4n) is 3.01. The lowest BCUT2D eigenvalue weighted by Gasteiger charge is -2.22. The third-order valence-electron chi connectivity index (χ3n) is 4.21. The van der Waals surface area contributed by atoms with Crippen molar-refractivity contribution < 1.29 is 9.59 Å². The maximum Gasteiger partial charge on any atom is 0.285 e. The molecule has 9 heteroatoms. The number of fused-ring (bicyclic) bond motifs is 2. The third kappa shape index (κ3) is 3.33. The van der Waals surface area contributed by atoms with E-state index in [1.54, 1.807) is 0 Å². The maximum atomic E-state index is 12.6. The highest BCUT2D eigenvalue weighted by Crippen LogP contribution is 2.37. The number of carbonyl (C=O) groups is 2. The van der Waals surface area contributed by atoms with Gasteiger partial charge in [0.15, 0.2) is 5.01 Å². The normalized spacial score (nSPS) is 13.9. The Kier molecular flexibility index (Phi) is 5.29. The van der Waals surface area contributed by atoms with Crippen molar-refractivity contribution in [3.05, 3.63) is 45.3 Å². The van der Waals surface area contributed by atoms with Gasteiger partial charge in [0.2, 0.25) is 0 Å². The van der Waals surface area contributed by atoms with Crippen LogP contribution in [0.1, 0.15) is 30.6 Å². The van der Waals surface area contributed by atoms with Gasteiger partial charge in [-0.15, -0.1) is 35.1 Å². The maximum absolute atomic E-state index is 12.6. The molecule has 2 amide bonds. The molecule has 6 nitrogen and oxygen atoms in total. The van der Waals surface area contributed by atoms with E-state index in [-0.39, 0.29) is 18.3 Å². The molecule has 1 aromatic carbocycles. The standard InChI is InChI=1S/C17H16N4O2S2.ClH/c1-21-7-6-9-12(8-21)25-16(13(9)14(18)22)20-15(23)17-19-10-4-2-3-5-11(10)24-17;/h2-5H,6-8H2,1H3,(H2,18,22)(H,20,23);1H. The molecule has 2 aromatic heterocycles. The van der Waals surface area contributed by atoms with Crippen LogP contribution >= 0.6 is 35.1 Å². The molecule has 136 valence electrons. The summed E-state index contributed by atoms with van der Waals surface area (Å²) in [4.78, 5) is 32.2. The van der Waals surface area contributed by atoms with E-state index in [9.17, 15) is 9.59 Å². The first-order valence-corrected chi connectivity index (χ1v) is 9.46. The number of nitrogens with zero attached hydrogens (tertiary/aromatic N) is 2. The first-order chi connectivity index (χ1) is 12.0. The Hall–Kier alpha value is -2.00. The summed E-state index contributed by atoms with van der Waals surface area (Å²) in [6.45, 7) is 1.63. The van der Waals surface area contributed by atoms with Crippen molar-refractivity contribution in [3.63, 3.8) is 0 Å². The molecule has 0 bridgehead atoms. The molecule has 1 aliphatic heterocycles. The lowest BCUT2D eigenvalue weighted by atomic mass is 10.0. The molecule has 3 N–H and O–H groups in total. The minimum atomic E-state index is -0.498. The first kappa shape index (κ1) is 18.8. The summed E-state index contributed by atoms with van der Waals surface area (Å²) in [5.74, 6) is -0.808. The first-order valence-electron chi connectivity index (χ1n) is 7.82. The summed E-state index contributed by atoms with van der Waals surface area (Å²) in [6, 6.07) is 7.60. The zero-order valence-corrected chi connectivity index (χ0v) is 16.4. The van der Waals surface area contributed by atoms with Crippen LogP contribution in [0.25, 0.3) is 10.2 Å². The molecule has 0 unspecified atom stereocenters. The molecule has 3 heterocycles. The largest absolute Gasteiger partial charge is 0.365 e. The van der Waals surface area contributed by atoms with Gasteiger partial charge in [-0.1, -0.05) is 12.1 Å². The predicted octanol–water partition coefficient (Wildman–Crippen LogP) is 3.12. The number of primary amides is 1. The van der Waals surface area contributed by atoms with Crippen molar-refractivity contribution in [3.8, 4) is 0 Å². The molecule has 26 heavy (non-hydrogen) atoms. The third-order valence-corrected chi connectivity index (χ3v) is 6.38. The number of hydrogen-bond acceptors (Lipinski definition) is 6. The minimum absolute atomic E-state index is 0. The van der Waals surface area contributed by atoms with Crippen LogP contribution in [0.4, 0.5) is 5.00 Å². The van der Waals surface area contributed by atoms with Gasteiger partial charge in [0.1, 0.15) is 5.00 Å². The van der Waals surface area contributed by atoms with E-state index in [2.05, 4.69) is 15.2 Å². The van der Waals surface area contributed by atoms with Crippen LogP contribution in [0.3, 0.4) is 0 Å². The number of thiazole rings is 1. The summed E-state index contributed by atoms with van der Waals surface area (Å²) in [5, 5.41) is 3.75. The second kappa shape index (κ2) is 7.32. The number of aromatic nitrogens is 1. The second-order valence-corrected chi connectivity index (χ2v) is 8.14. The molecule has 0 radical (unpaired) electrons. The van der Waals surface area contributed by atoms with Crippen molar-refractivity contribution in [2.45, 2.75) is 13.0 Å². The number of para-hydroxylation sites is 1. The van der Waals surface area contributed by atoms with Gasteiger partial charge in [0, 0.05) is 18.0 Å². The summed E-state index contributed by atoms with van der Waals surface area (Å²) in [5.41, 5.74) is 7.79. The smallest absolute Gasteiger partial charge is 0.285 e. The highest BCUT2D eigenvalue weighted by Gasteiger charge is 2.27. The van der Waals surface area contributed by atoms with Gasteiger partial charge in [-0.3, -0.25) is 9.59 Å². The SMILES string of the molecule is CN1CCc2c(sc(NC(=O)c3nc4ccccc4s3)c2C(N)=O)C1.Cl. The van der Waals surface area contributed by atoms with Crippen molar-refractivity contribution in [1.29, 1.82) is 0 Å². The highest BCUT2D eigenvalue weighted by molar-refractivity contribution is 7.20. The zero-order chi connectivity index (χ0) is 17.6. The van der Waals surface area contributed by atoms with E-state index in [0.29, 0.717) is 15.6 Å². The lowest BCUT2D eigenvalue weighted by Crippen LogP contribution is -2.27. The average molecular weight is 409 g/mol. The van der Waals surface area contributed by atoms with Crippen molar-refractivity contribution in [2.24, 2.45) is 5.73 Å². The highest BCUT2D eigenvalue weighted by atomic mass is 35.5. The zero-order valence-electron chi connectivity index (χ0n) is 13.9. The van der Waals surface area contributed by atoms with E-state index in [1.165, 1.54) is 22.7 Å². The number of halogens is 1. The Bertz CT molecular complexity index is 965. The van der Waals surface area contributed by atoms with Crippen LogP contribution in [0.2, 0.25) is 0 Å². The number of thiophene rings is 1. The Morgan fingerprint density at radius 2 is 2.04 bits per heavy atom. The number of amides is 2. The van der Waals surface area contributed by atoms with Crippen molar-refractivity contribution >= 4 is 62.1 Å². The Labute approximate surface area is 164 Å². The van der Waals surface area contributed by atoms with Gasteiger partial charge in [-0.05, 0) is 31.2 Å². The fourth-order valence-corrected chi connectivity index (χ4v) is 5.19. The topological polar surface area (TPSA) is 88.3 Å². The number of rotatable bonds is 3. The molecule has 1 aliphatic rings. The van der Waals surface area contributed by atoms with E-state index < -0.39 is 5.91 Å². The number of nitrogens with two attached hydrogens (primary N) is 1. The van der Waals surface area contributed by atoms with Crippen LogP contribution in [0, 0.1) is 0 Å². The van der Waals surface area contributed by atoms with Crippen LogP contribution in [-0.2, 0) is 13.0 Å². The Morgan fingerprint density at radius 1 is 1.27 bits per heavy atom. The van der Waals surface area contributed by atoms with Crippen molar-refractivity contribution in [1.82, 2.24) is 9.88 Å². The molecule has 3 aromatic rings. The molecule has 0 saturated heterocycles. The molecule has 4 rings (SSSR count). The number of benzene rings is 1. The molecular weight excluding hydrogens is 392 g/mol. The summed E-state index contributed by atoms with van der Waals surface area (Å²) in [6.07, 6.45) is 0.762. The number of hydrogen-bond donors (Lipinski definition) is 2. The Balaban J connectivity index is 0.00000196. The molecule has 0 atom stereocenters. The van der Waals surface area contributed by atoms with Crippen molar-refractivity contribution in [2.75, 3.05) is 18.9 Å². The minimum Gasteiger partial charge on any atom is -0.365 e. The molecular formula is C17H17ClN4O2S2. The van der Waals surface area contributed by atoms with E-state index >= 15 is 0 Å². The number of nitrogens with one attached hydrogen (secondary N) is 1. The van der Waals surface area contributed by atoms with E-state index in [1.807, 2.05) is 31.3 Å². The molecule has 0 spiro atoms. The predicted molar refractivity (Wildman–Crippen MR) is 108 cm³/mol. The number of likely N-dealkylation sites (N-methyl/N-ethyl adjacent to an activating group) is 1.